The van der Waals surface area contributed by atoms with Crippen molar-refractivity contribution in [3.63, 3.8) is 0 Å². The van der Waals surface area contributed by atoms with E-state index in [0.717, 1.165) is 13.1 Å². The van der Waals surface area contributed by atoms with Crippen molar-refractivity contribution >= 4 is 18.5 Å². The molecule has 0 radical (unpaired) electrons. The molecule has 1 amide bonds. The fourth-order valence-electron chi connectivity index (χ4n) is 2.10. The first kappa shape index (κ1) is 12.8. The van der Waals surface area contributed by atoms with Crippen molar-refractivity contribution in [1.29, 1.82) is 0 Å². The van der Waals surface area contributed by atoms with Crippen LogP contribution in [0.4, 0.5) is 0 Å². The number of carbonyl (C=O) groups is 1. The maximum atomic E-state index is 11.1. The Morgan fingerprint density at radius 1 is 1.60 bits per heavy atom. The summed E-state index contributed by atoms with van der Waals surface area (Å²) in [4.78, 5) is 13.5. The minimum absolute atomic E-state index is 0.0257. The number of likely N-dealkylation sites (tertiary alicyclic amines) is 1. The van der Waals surface area contributed by atoms with Crippen LogP contribution in [0.15, 0.2) is 0 Å². The smallest absolute Gasteiger partial charge is 0.229 e. The molecular formula is C11H22N2OS. The van der Waals surface area contributed by atoms with Gasteiger partial charge < -0.3 is 10.2 Å². The standard InChI is InChI=1S/C11H22N2OS/c1-11(2,8-12-10(14)7-15)9-4-5-13(3)6-9/h9,15H,4-8H2,1-3H3,(H,12,14). The second-order valence-corrected chi connectivity index (χ2v) is 5.49. The quantitative estimate of drug-likeness (QED) is 0.707. The zero-order valence-corrected chi connectivity index (χ0v) is 10.8. The molecule has 1 heterocycles. The third-order valence-electron chi connectivity index (χ3n) is 3.38. The Morgan fingerprint density at radius 3 is 2.73 bits per heavy atom. The van der Waals surface area contributed by atoms with E-state index in [2.05, 4.69) is 43.7 Å². The highest BCUT2D eigenvalue weighted by Crippen LogP contribution is 2.33. The van der Waals surface area contributed by atoms with Crippen molar-refractivity contribution in [3.05, 3.63) is 0 Å². The number of hydrogen-bond donors (Lipinski definition) is 2. The molecule has 4 heteroatoms. The summed E-state index contributed by atoms with van der Waals surface area (Å²) >= 11 is 3.95. The fraction of sp³-hybridized carbons (Fsp3) is 0.909. The Morgan fingerprint density at radius 2 is 2.27 bits per heavy atom. The molecule has 0 saturated carbocycles. The Labute approximate surface area is 98.0 Å². The molecule has 1 saturated heterocycles. The molecule has 0 bridgehead atoms. The predicted octanol–water partition coefficient (Wildman–Crippen LogP) is 1.01. The zero-order valence-electron chi connectivity index (χ0n) is 9.92. The summed E-state index contributed by atoms with van der Waals surface area (Å²) in [6.45, 7) is 7.54. The van der Waals surface area contributed by atoms with E-state index in [-0.39, 0.29) is 17.1 Å². The Hall–Kier alpha value is -0.220. The number of thiol groups is 1. The lowest BCUT2D eigenvalue weighted by atomic mass is 9.78. The van der Waals surface area contributed by atoms with Crippen molar-refractivity contribution in [1.82, 2.24) is 10.2 Å². The van der Waals surface area contributed by atoms with Crippen LogP contribution in [0.1, 0.15) is 20.3 Å². The van der Waals surface area contributed by atoms with E-state index in [4.69, 9.17) is 0 Å². The van der Waals surface area contributed by atoms with Crippen LogP contribution in [0.2, 0.25) is 0 Å². The molecule has 0 aliphatic carbocycles. The van der Waals surface area contributed by atoms with Gasteiger partial charge in [-0.05, 0) is 31.3 Å². The van der Waals surface area contributed by atoms with Gasteiger partial charge in [-0.3, -0.25) is 4.79 Å². The van der Waals surface area contributed by atoms with E-state index < -0.39 is 0 Å². The van der Waals surface area contributed by atoms with Gasteiger partial charge in [-0.1, -0.05) is 13.8 Å². The largest absolute Gasteiger partial charge is 0.355 e. The Kier molecular flexibility index (Phi) is 4.46. The summed E-state index contributed by atoms with van der Waals surface area (Å²) < 4.78 is 0. The first-order chi connectivity index (χ1) is 6.95. The van der Waals surface area contributed by atoms with Gasteiger partial charge >= 0.3 is 0 Å². The monoisotopic (exact) mass is 230 g/mol. The van der Waals surface area contributed by atoms with Gasteiger partial charge in [-0.25, -0.2) is 0 Å². The van der Waals surface area contributed by atoms with Crippen molar-refractivity contribution in [2.45, 2.75) is 20.3 Å². The number of hydrogen-bond acceptors (Lipinski definition) is 3. The summed E-state index contributed by atoms with van der Waals surface area (Å²) in [6.07, 6.45) is 1.24. The lowest BCUT2D eigenvalue weighted by Crippen LogP contribution is -2.39. The minimum Gasteiger partial charge on any atom is -0.355 e. The number of carbonyl (C=O) groups excluding carboxylic acids is 1. The van der Waals surface area contributed by atoms with E-state index in [1.165, 1.54) is 13.0 Å². The highest BCUT2D eigenvalue weighted by Gasteiger charge is 2.33. The highest BCUT2D eigenvalue weighted by atomic mass is 32.1. The third kappa shape index (κ3) is 3.68. The average Bonchev–Trinajstić information content (AvgIpc) is 2.62. The second kappa shape index (κ2) is 5.21. The molecule has 1 N–H and O–H groups in total. The Bertz CT molecular complexity index is 231. The number of rotatable bonds is 4. The third-order valence-corrected chi connectivity index (χ3v) is 3.67. The average molecular weight is 230 g/mol. The molecule has 88 valence electrons. The van der Waals surface area contributed by atoms with E-state index in [9.17, 15) is 4.79 Å². The Balaban J connectivity index is 2.40. The van der Waals surface area contributed by atoms with Gasteiger partial charge in [0.05, 0.1) is 5.75 Å². The first-order valence-corrected chi connectivity index (χ1v) is 6.15. The van der Waals surface area contributed by atoms with Crippen LogP contribution in [0.5, 0.6) is 0 Å². The summed E-state index contributed by atoms with van der Waals surface area (Å²) in [5.74, 6) is 0.987. The van der Waals surface area contributed by atoms with Crippen LogP contribution in [0.3, 0.4) is 0 Å². The van der Waals surface area contributed by atoms with Crippen LogP contribution >= 0.6 is 12.6 Å². The molecule has 1 rings (SSSR count). The predicted molar refractivity (Wildman–Crippen MR) is 66.2 cm³/mol. The fourth-order valence-corrected chi connectivity index (χ4v) is 2.21. The van der Waals surface area contributed by atoms with Gasteiger partial charge in [0.2, 0.25) is 5.91 Å². The molecule has 3 nitrogen and oxygen atoms in total. The first-order valence-electron chi connectivity index (χ1n) is 5.52. The van der Waals surface area contributed by atoms with Gasteiger partial charge in [-0.2, -0.15) is 12.6 Å². The minimum atomic E-state index is 0.0257. The van der Waals surface area contributed by atoms with Gasteiger partial charge in [0.25, 0.3) is 0 Å². The van der Waals surface area contributed by atoms with Gasteiger partial charge in [0, 0.05) is 13.1 Å². The molecule has 1 aliphatic heterocycles. The van der Waals surface area contributed by atoms with Crippen LogP contribution < -0.4 is 5.32 Å². The van der Waals surface area contributed by atoms with Crippen molar-refractivity contribution in [2.24, 2.45) is 11.3 Å². The van der Waals surface area contributed by atoms with Gasteiger partial charge in [0.15, 0.2) is 0 Å². The molecule has 0 aromatic heterocycles. The summed E-state index contributed by atoms with van der Waals surface area (Å²) in [5.41, 5.74) is 0.184. The molecule has 0 spiro atoms. The van der Waals surface area contributed by atoms with Crippen molar-refractivity contribution < 1.29 is 4.79 Å². The van der Waals surface area contributed by atoms with Gasteiger partial charge in [-0.15, -0.1) is 0 Å². The number of nitrogens with zero attached hydrogens (tertiary/aromatic N) is 1. The van der Waals surface area contributed by atoms with E-state index >= 15 is 0 Å². The molecule has 1 fully saturated rings. The second-order valence-electron chi connectivity index (χ2n) is 5.17. The SMILES string of the molecule is CN1CCC(C(C)(C)CNC(=O)CS)C1. The summed E-state index contributed by atoms with van der Waals surface area (Å²) in [6, 6.07) is 0. The van der Waals surface area contributed by atoms with Crippen LogP contribution in [0, 0.1) is 11.3 Å². The molecular weight excluding hydrogens is 208 g/mol. The topological polar surface area (TPSA) is 32.3 Å². The molecule has 1 atom stereocenters. The van der Waals surface area contributed by atoms with E-state index in [1.807, 2.05) is 0 Å². The highest BCUT2D eigenvalue weighted by molar-refractivity contribution is 7.81. The van der Waals surface area contributed by atoms with Crippen molar-refractivity contribution in [3.8, 4) is 0 Å². The number of nitrogens with one attached hydrogen (secondary N) is 1. The summed E-state index contributed by atoms with van der Waals surface area (Å²) in [7, 11) is 2.16. The van der Waals surface area contributed by atoms with E-state index in [1.54, 1.807) is 0 Å². The van der Waals surface area contributed by atoms with Crippen molar-refractivity contribution in [2.75, 3.05) is 32.4 Å². The lowest BCUT2D eigenvalue weighted by Gasteiger charge is -2.31. The maximum absolute atomic E-state index is 11.1. The molecule has 0 aromatic rings. The normalized spacial score (nSPS) is 23.1. The maximum Gasteiger partial charge on any atom is 0.229 e. The van der Waals surface area contributed by atoms with E-state index in [0.29, 0.717) is 5.92 Å². The zero-order chi connectivity index (χ0) is 11.5. The lowest BCUT2D eigenvalue weighted by molar-refractivity contribution is -0.119. The molecule has 1 aliphatic rings. The van der Waals surface area contributed by atoms with Crippen LogP contribution in [-0.2, 0) is 4.79 Å². The molecule has 1 unspecified atom stereocenters. The summed E-state index contributed by atoms with van der Waals surface area (Å²) in [5, 5.41) is 2.93. The van der Waals surface area contributed by atoms with Crippen LogP contribution in [0.25, 0.3) is 0 Å². The molecule has 0 aromatic carbocycles. The molecule has 15 heavy (non-hydrogen) atoms. The van der Waals surface area contributed by atoms with Gasteiger partial charge in [0.1, 0.15) is 0 Å². The van der Waals surface area contributed by atoms with Crippen LogP contribution in [-0.4, -0.2) is 43.2 Å². The number of amides is 1.